The zero-order valence-electron chi connectivity index (χ0n) is 19.1. The van der Waals surface area contributed by atoms with Gasteiger partial charge in [0, 0.05) is 50.4 Å². The average Bonchev–Trinajstić information content (AvgIpc) is 3.51. The first kappa shape index (κ1) is 22.0. The molecular formula is C26H36N4O. The topological polar surface area (TPSA) is 47.9 Å². The number of carbonyl (C=O) groups excluding carboxylic acids is 1. The number of benzene rings is 1. The van der Waals surface area contributed by atoms with Crippen LogP contribution >= 0.6 is 0 Å². The van der Waals surface area contributed by atoms with Crippen molar-refractivity contribution >= 4 is 12.1 Å². The summed E-state index contributed by atoms with van der Waals surface area (Å²) >= 11 is 0. The van der Waals surface area contributed by atoms with Crippen LogP contribution in [0.25, 0.3) is 0 Å². The van der Waals surface area contributed by atoms with E-state index in [0.717, 1.165) is 44.7 Å². The summed E-state index contributed by atoms with van der Waals surface area (Å²) in [5.74, 6) is 1.52. The summed E-state index contributed by atoms with van der Waals surface area (Å²) in [6.45, 7) is 9.03. The van der Waals surface area contributed by atoms with Gasteiger partial charge in [0.05, 0.1) is 0 Å². The van der Waals surface area contributed by atoms with Gasteiger partial charge >= 0.3 is 0 Å². The Morgan fingerprint density at radius 3 is 2.65 bits per heavy atom. The first-order chi connectivity index (χ1) is 15.0. The Kier molecular flexibility index (Phi) is 6.73. The van der Waals surface area contributed by atoms with E-state index in [0.29, 0.717) is 24.2 Å². The molecule has 1 saturated carbocycles. The van der Waals surface area contributed by atoms with Crippen LogP contribution in [0.5, 0.6) is 0 Å². The second-order valence-electron chi connectivity index (χ2n) is 9.49. The second-order valence-corrected chi connectivity index (χ2v) is 9.49. The number of likely N-dealkylation sites (N-methyl/N-ethyl adjacent to an activating group) is 1. The number of hydrogen-bond donors (Lipinski definition) is 1. The van der Waals surface area contributed by atoms with Crippen LogP contribution in [0.1, 0.15) is 32.3 Å². The molecule has 1 aliphatic carbocycles. The van der Waals surface area contributed by atoms with Crippen molar-refractivity contribution in [2.24, 2.45) is 22.7 Å². The molecule has 1 aromatic rings. The summed E-state index contributed by atoms with van der Waals surface area (Å²) in [5, 5.41) is 3.12. The van der Waals surface area contributed by atoms with E-state index >= 15 is 0 Å². The summed E-state index contributed by atoms with van der Waals surface area (Å²) in [5.41, 5.74) is 2.05. The van der Waals surface area contributed by atoms with Gasteiger partial charge in [0.1, 0.15) is 5.66 Å². The van der Waals surface area contributed by atoms with Crippen LogP contribution in [-0.4, -0.2) is 60.8 Å². The molecule has 4 rings (SSSR count). The maximum atomic E-state index is 12.6. The van der Waals surface area contributed by atoms with Crippen LogP contribution in [0, 0.1) is 17.8 Å². The number of piperazine rings is 1. The summed E-state index contributed by atoms with van der Waals surface area (Å²) in [6.07, 6.45) is 10.5. The molecule has 31 heavy (non-hydrogen) atoms. The molecule has 5 nitrogen and oxygen atoms in total. The highest BCUT2D eigenvalue weighted by Gasteiger charge is 2.60. The molecule has 3 aliphatic rings. The Balaban J connectivity index is 1.42. The van der Waals surface area contributed by atoms with Gasteiger partial charge in [-0.25, -0.2) is 0 Å². The molecule has 1 amide bonds. The van der Waals surface area contributed by atoms with Crippen molar-refractivity contribution in [1.82, 2.24) is 15.1 Å². The lowest BCUT2D eigenvalue weighted by molar-refractivity contribution is -0.120. The Hall–Kier alpha value is -2.24. The Labute approximate surface area is 186 Å². The summed E-state index contributed by atoms with van der Waals surface area (Å²) in [4.78, 5) is 22.6. The van der Waals surface area contributed by atoms with Gasteiger partial charge < -0.3 is 10.2 Å². The fourth-order valence-corrected chi connectivity index (χ4v) is 5.04. The molecule has 5 heteroatoms. The van der Waals surface area contributed by atoms with Crippen LogP contribution in [0.2, 0.25) is 0 Å². The number of nitrogens with zero attached hydrogens (tertiary/aromatic N) is 3. The fraction of sp³-hybridized carbons (Fsp3) is 0.538. The van der Waals surface area contributed by atoms with Gasteiger partial charge in [-0.2, -0.15) is 0 Å². The normalized spacial score (nSPS) is 35.3. The monoisotopic (exact) mass is 420 g/mol. The third-order valence-electron chi connectivity index (χ3n) is 7.34. The largest absolute Gasteiger partial charge is 0.326 e. The molecule has 1 aromatic carbocycles. The predicted molar refractivity (Wildman–Crippen MR) is 127 cm³/mol. The van der Waals surface area contributed by atoms with Gasteiger partial charge in [0.2, 0.25) is 5.91 Å². The first-order valence-corrected chi connectivity index (χ1v) is 11.7. The van der Waals surface area contributed by atoms with Gasteiger partial charge in [-0.1, -0.05) is 50.3 Å². The lowest BCUT2D eigenvalue weighted by atomic mass is 9.89. The van der Waals surface area contributed by atoms with Crippen LogP contribution < -0.4 is 5.32 Å². The molecule has 2 aliphatic heterocycles. The van der Waals surface area contributed by atoms with Crippen molar-refractivity contribution in [3.05, 3.63) is 59.8 Å². The van der Waals surface area contributed by atoms with Gasteiger partial charge in [-0.3, -0.25) is 14.7 Å². The van der Waals surface area contributed by atoms with E-state index in [1.165, 1.54) is 5.56 Å². The standard InChI is InChI=1S/C26H36N4O/c1-20-18-23(28-25(31)12-11-22-8-5-4-6-9-22)10-7-13-27-26(19-24(26)21(20)2)30-16-14-29(3)15-17-30/h4-10,13,18,20-21,24H,11-12,14-17,19H2,1-3H3,(H,28,31)/b10-7-,23-18+,27-13+. The van der Waals surface area contributed by atoms with Crippen molar-refractivity contribution in [3.8, 4) is 0 Å². The minimum atomic E-state index is -0.0243. The summed E-state index contributed by atoms with van der Waals surface area (Å²) in [6, 6.07) is 10.2. The highest BCUT2D eigenvalue weighted by atomic mass is 16.1. The van der Waals surface area contributed by atoms with E-state index in [9.17, 15) is 4.79 Å². The fourth-order valence-electron chi connectivity index (χ4n) is 5.04. The van der Waals surface area contributed by atoms with E-state index in [1.807, 2.05) is 36.6 Å². The molecule has 0 aromatic heterocycles. The highest BCUT2D eigenvalue weighted by Crippen LogP contribution is 2.55. The lowest BCUT2D eigenvalue weighted by Crippen LogP contribution is -2.51. The number of rotatable bonds is 5. The van der Waals surface area contributed by atoms with Crippen molar-refractivity contribution in [1.29, 1.82) is 0 Å². The van der Waals surface area contributed by atoms with Crippen molar-refractivity contribution < 1.29 is 4.79 Å². The molecule has 4 unspecified atom stereocenters. The van der Waals surface area contributed by atoms with E-state index in [4.69, 9.17) is 4.99 Å². The number of amides is 1. The van der Waals surface area contributed by atoms with E-state index in [2.05, 4.69) is 54.2 Å². The zero-order chi connectivity index (χ0) is 21.8. The van der Waals surface area contributed by atoms with Crippen LogP contribution in [0.3, 0.4) is 0 Å². The minimum Gasteiger partial charge on any atom is -0.326 e. The second kappa shape index (κ2) is 9.49. The third-order valence-corrected chi connectivity index (χ3v) is 7.34. The molecule has 2 heterocycles. The molecular weight excluding hydrogens is 384 g/mol. The average molecular weight is 421 g/mol. The van der Waals surface area contributed by atoms with Crippen molar-refractivity contribution in [3.63, 3.8) is 0 Å². The molecule has 4 atom stereocenters. The number of aryl methyl sites for hydroxylation is 1. The molecule has 0 spiro atoms. The van der Waals surface area contributed by atoms with Crippen molar-refractivity contribution in [2.45, 2.75) is 38.8 Å². The van der Waals surface area contributed by atoms with Crippen LogP contribution in [0.4, 0.5) is 0 Å². The van der Waals surface area contributed by atoms with Gasteiger partial charge in [0.15, 0.2) is 0 Å². The number of carbonyl (C=O) groups is 1. The highest BCUT2D eigenvalue weighted by molar-refractivity contribution is 5.79. The molecule has 1 saturated heterocycles. The van der Waals surface area contributed by atoms with Gasteiger partial charge in [0.25, 0.3) is 0 Å². The van der Waals surface area contributed by atoms with Crippen LogP contribution in [0.15, 0.2) is 59.2 Å². The lowest BCUT2D eigenvalue weighted by Gasteiger charge is -2.38. The maximum Gasteiger partial charge on any atom is 0.224 e. The van der Waals surface area contributed by atoms with Gasteiger partial charge in [-0.15, -0.1) is 0 Å². The SMILES string of the molecule is CC1\C=C(NC(=O)CCc2ccccc2)/C=C\C=N\C2(N3CCN(C)CC3)CC2C1C. The van der Waals surface area contributed by atoms with Crippen LogP contribution in [-0.2, 0) is 11.2 Å². The Morgan fingerprint density at radius 2 is 1.90 bits per heavy atom. The summed E-state index contributed by atoms with van der Waals surface area (Å²) < 4.78 is 0. The summed E-state index contributed by atoms with van der Waals surface area (Å²) in [7, 11) is 2.20. The van der Waals surface area contributed by atoms with Gasteiger partial charge in [-0.05, 0) is 49.4 Å². The number of allylic oxidation sites excluding steroid dienone is 3. The number of fused-ring (bicyclic) bond motifs is 1. The van der Waals surface area contributed by atoms with E-state index < -0.39 is 0 Å². The smallest absolute Gasteiger partial charge is 0.224 e. The molecule has 0 radical (unpaired) electrons. The molecule has 1 N–H and O–H groups in total. The maximum absolute atomic E-state index is 12.6. The van der Waals surface area contributed by atoms with E-state index in [-0.39, 0.29) is 11.6 Å². The molecule has 0 bridgehead atoms. The number of nitrogens with one attached hydrogen (secondary N) is 1. The third kappa shape index (κ3) is 5.16. The molecule has 166 valence electrons. The Bertz CT molecular complexity index is 853. The van der Waals surface area contributed by atoms with Crippen molar-refractivity contribution in [2.75, 3.05) is 33.2 Å². The Morgan fingerprint density at radius 1 is 1.16 bits per heavy atom. The predicted octanol–water partition coefficient (Wildman–Crippen LogP) is 3.50. The first-order valence-electron chi connectivity index (χ1n) is 11.7. The zero-order valence-corrected chi connectivity index (χ0v) is 19.1. The number of aliphatic imine (C=N–C) groups is 1. The van der Waals surface area contributed by atoms with E-state index in [1.54, 1.807) is 0 Å². The quantitative estimate of drug-likeness (QED) is 0.793. The molecule has 2 fully saturated rings. The number of hydrogen-bond acceptors (Lipinski definition) is 4. The minimum absolute atomic E-state index is 0.0243.